The molecule has 27 heavy (non-hydrogen) atoms. The van der Waals surface area contributed by atoms with E-state index in [0.717, 1.165) is 0 Å². The lowest BCUT2D eigenvalue weighted by Crippen LogP contribution is -2.54. The highest BCUT2D eigenvalue weighted by Crippen LogP contribution is 2.51. The van der Waals surface area contributed by atoms with Crippen molar-refractivity contribution in [2.45, 2.75) is 121 Å². The van der Waals surface area contributed by atoms with Crippen molar-refractivity contribution >= 4 is 5.97 Å². The van der Waals surface area contributed by atoms with Crippen LogP contribution in [0.25, 0.3) is 0 Å². The summed E-state index contributed by atoms with van der Waals surface area (Å²) >= 11 is 0. The zero-order valence-corrected chi connectivity index (χ0v) is 17.6. The second-order valence-electron chi connectivity index (χ2n) is 9.54. The van der Waals surface area contributed by atoms with Crippen molar-refractivity contribution in [2.75, 3.05) is 0 Å². The molecule has 0 saturated heterocycles. The van der Waals surface area contributed by atoms with Crippen LogP contribution in [0.3, 0.4) is 0 Å². The SMILES string of the molecule is C=CC(=O)OC(C1CCCCCC1)(C1CCCCCC1)C1CCCCCC1. The summed E-state index contributed by atoms with van der Waals surface area (Å²) in [4.78, 5) is 12.7. The summed E-state index contributed by atoms with van der Waals surface area (Å²) in [6.45, 7) is 3.76. The zero-order chi connectivity index (χ0) is 19.0. The van der Waals surface area contributed by atoms with E-state index in [0.29, 0.717) is 17.8 Å². The predicted octanol–water partition coefficient (Wildman–Crippen LogP) is 7.37. The molecule has 2 nitrogen and oxygen atoms in total. The zero-order valence-electron chi connectivity index (χ0n) is 17.6. The van der Waals surface area contributed by atoms with E-state index in [1.807, 2.05) is 0 Å². The Hall–Kier alpha value is -0.790. The number of carbonyl (C=O) groups is 1. The number of ether oxygens (including phenoxy) is 1. The van der Waals surface area contributed by atoms with E-state index in [2.05, 4.69) is 6.58 Å². The van der Waals surface area contributed by atoms with E-state index >= 15 is 0 Å². The third-order valence-corrected chi connectivity index (χ3v) is 7.92. The van der Waals surface area contributed by atoms with Gasteiger partial charge in [-0.1, -0.05) is 83.6 Å². The molecule has 0 heterocycles. The first kappa shape index (κ1) is 20.9. The average molecular weight is 375 g/mol. The van der Waals surface area contributed by atoms with E-state index in [4.69, 9.17) is 4.74 Å². The van der Waals surface area contributed by atoms with Crippen molar-refractivity contribution in [3.63, 3.8) is 0 Å². The highest BCUT2D eigenvalue weighted by molar-refractivity contribution is 5.81. The van der Waals surface area contributed by atoms with Gasteiger partial charge in [0, 0.05) is 6.08 Å². The van der Waals surface area contributed by atoms with Crippen LogP contribution in [0, 0.1) is 17.8 Å². The number of hydrogen-bond donors (Lipinski definition) is 0. The van der Waals surface area contributed by atoms with Crippen LogP contribution in [0.1, 0.15) is 116 Å². The Balaban J connectivity index is 1.99. The predicted molar refractivity (Wildman–Crippen MR) is 113 cm³/mol. The Bertz CT molecular complexity index is 395. The largest absolute Gasteiger partial charge is 0.455 e. The smallest absolute Gasteiger partial charge is 0.330 e. The Morgan fingerprint density at radius 1 is 0.630 bits per heavy atom. The summed E-state index contributed by atoms with van der Waals surface area (Å²) in [7, 11) is 0. The Labute approximate surface area is 167 Å². The maximum atomic E-state index is 12.7. The summed E-state index contributed by atoms with van der Waals surface area (Å²) in [5.74, 6) is 1.54. The molecule has 0 aromatic heterocycles. The highest BCUT2D eigenvalue weighted by atomic mass is 16.6. The average Bonchev–Trinajstić information content (AvgIpc) is 3.22. The molecule has 0 aromatic carbocycles. The van der Waals surface area contributed by atoms with Crippen LogP contribution in [-0.2, 0) is 9.53 Å². The molecule has 0 N–H and O–H groups in total. The van der Waals surface area contributed by atoms with E-state index in [1.54, 1.807) is 0 Å². The lowest BCUT2D eigenvalue weighted by molar-refractivity contribution is -0.188. The number of hydrogen-bond acceptors (Lipinski definition) is 2. The summed E-state index contributed by atoms with van der Waals surface area (Å²) < 4.78 is 6.62. The van der Waals surface area contributed by atoms with Gasteiger partial charge in [-0.2, -0.15) is 0 Å². The van der Waals surface area contributed by atoms with Crippen LogP contribution in [-0.4, -0.2) is 11.6 Å². The topological polar surface area (TPSA) is 26.3 Å². The minimum Gasteiger partial charge on any atom is -0.455 e. The maximum absolute atomic E-state index is 12.7. The maximum Gasteiger partial charge on any atom is 0.330 e. The summed E-state index contributed by atoms with van der Waals surface area (Å²) in [6.07, 6.45) is 25.0. The van der Waals surface area contributed by atoms with Gasteiger partial charge in [-0.15, -0.1) is 0 Å². The summed E-state index contributed by atoms with van der Waals surface area (Å²) in [6, 6.07) is 0. The van der Waals surface area contributed by atoms with Crippen molar-refractivity contribution in [1.82, 2.24) is 0 Å². The fourth-order valence-electron chi connectivity index (χ4n) is 6.66. The molecule has 3 fully saturated rings. The van der Waals surface area contributed by atoms with Crippen LogP contribution in [0.5, 0.6) is 0 Å². The van der Waals surface area contributed by atoms with Crippen molar-refractivity contribution in [3.05, 3.63) is 12.7 Å². The van der Waals surface area contributed by atoms with Crippen LogP contribution in [0.15, 0.2) is 12.7 Å². The normalized spacial score (nSPS) is 25.2. The van der Waals surface area contributed by atoms with Crippen molar-refractivity contribution in [3.8, 4) is 0 Å². The van der Waals surface area contributed by atoms with Crippen LogP contribution >= 0.6 is 0 Å². The first-order valence-corrected chi connectivity index (χ1v) is 12.1. The Morgan fingerprint density at radius 3 is 1.19 bits per heavy atom. The molecule has 3 rings (SSSR count). The molecule has 2 heteroatoms. The molecular weight excluding hydrogens is 332 g/mol. The summed E-state index contributed by atoms with van der Waals surface area (Å²) in [5, 5.41) is 0. The minimum atomic E-state index is -0.218. The van der Waals surface area contributed by atoms with E-state index in [-0.39, 0.29) is 11.6 Å². The van der Waals surface area contributed by atoms with Crippen molar-refractivity contribution < 1.29 is 9.53 Å². The fraction of sp³-hybridized carbons (Fsp3) is 0.880. The molecular formula is C25H42O2. The highest BCUT2D eigenvalue weighted by Gasteiger charge is 2.52. The van der Waals surface area contributed by atoms with Gasteiger partial charge in [0.25, 0.3) is 0 Å². The van der Waals surface area contributed by atoms with Crippen LogP contribution < -0.4 is 0 Å². The Morgan fingerprint density at radius 2 is 0.926 bits per heavy atom. The van der Waals surface area contributed by atoms with Crippen LogP contribution in [0.4, 0.5) is 0 Å². The fourth-order valence-corrected chi connectivity index (χ4v) is 6.66. The van der Waals surface area contributed by atoms with E-state index in [1.165, 1.54) is 122 Å². The van der Waals surface area contributed by atoms with Gasteiger partial charge in [-0.05, 0) is 56.3 Å². The number of esters is 1. The second-order valence-corrected chi connectivity index (χ2v) is 9.54. The molecule has 0 radical (unpaired) electrons. The number of carbonyl (C=O) groups excluding carboxylic acids is 1. The first-order valence-electron chi connectivity index (χ1n) is 12.1. The van der Waals surface area contributed by atoms with Gasteiger partial charge in [-0.3, -0.25) is 0 Å². The molecule has 154 valence electrons. The molecule has 0 unspecified atom stereocenters. The minimum absolute atomic E-state index is 0.159. The van der Waals surface area contributed by atoms with Gasteiger partial charge in [0.15, 0.2) is 0 Å². The molecule has 0 aromatic rings. The van der Waals surface area contributed by atoms with Gasteiger partial charge >= 0.3 is 5.97 Å². The van der Waals surface area contributed by atoms with Gasteiger partial charge in [-0.25, -0.2) is 4.79 Å². The van der Waals surface area contributed by atoms with E-state index in [9.17, 15) is 4.79 Å². The second kappa shape index (κ2) is 10.7. The van der Waals surface area contributed by atoms with E-state index < -0.39 is 0 Å². The Kier molecular flexibility index (Phi) is 8.27. The molecule has 0 amide bonds. The van der Waals surface area contributed by atoms with Gasteiger partial charge in [0.1, 0.15) is 5.60 Å². The monoisotopic (exact) mass is 374 g/mol. The molecule has 3 saturated carbocycles. The molecule has 0 bridgehead atoms. The van der Waals surface area contributed by atoms with Crippen molar-refractivity contribution in [2.24, 2.45) is 17.8 Å². The van der Waals surface area contributed by atoms with Gasteiger partial charge in [0.05, 0.1) is 0 Å². The lowest BCUT2D eigenvalue weighted by atomic mass is 9.62. The third kappa shape index (κ3) is 5.18. The lowest BCUT2D eigenvalue weighted by Gasteiger charge is -2.50. The molecule has 0 spiro atoms. The number of rotatable bonds is 5. The molecule has 3 aliphatic rings. The van der Waals surface area contributed by atoms with Crippen LogP contribution in [0.2, 0.25) is 0 Å². The quantitative estimate of drug-likeness (QED) is 0.285. The molecule has 0 aliphatic heterocycles. The molecule has 3 aliphatic carbocycles. The third-order valence-electron chi connectivity index (χ3n) is 7.92. The molecule has 0 atom stereocenters. The van der Waals surface area contributed by atoms with Gasteiger partial charge < -0.3 is 4.74 Å². The van der Waals surface area contributed by atoms with Crippen molar-refractivity contribution in [1.29, 1.82) is 0 Å². The van der Waals surface area contributed by atoms with Gasteiger partial charge in [0.2, 0.25) is 0 Å². The first-order chi connectivity index (χ1) is 13.3. The standard InChI is InChI=1S/C25H42O2/c1-2-24(26)27-25(21-15-9-3-4-10-16-21,22-17-11-5-6-12-18-22)23-19-13-7-8-14-20-23/h2,21-23H,1,3-20H2. The summed E-state index contributed by atoms with van der Waals surface area (Å²) in [5.41, 5.74) is -0.218.